The maximum absolute atomic E-state index is 15.0. The number of nitrogens with one attached hydrogen (secondary N) is 1. The molecule has 160 valence electrons. The number of halogens is 2. The molecule has 1 N–H and O–H groups in total. The number of aromatic nitrogens is 4. The Labute approximate surface area is 172 Å². The largest absolute Gasteiger partial charge is 0.471 e. The lowest BCUT2D eigenvalue weighted by Gasteiger charge is -2.38. The number of aryl methyl sites for hydroxylation is 1. The highest BCUT2D eigenvalue weighted by Gasteiger charge is 2.40. The Hall–Kier alpha value is -2.85. The summed E-state index contributed by atoms with van der Waals surface area (Å²) in [5.41, 5.74) is 1.45. The van der Waals surface area contributed by atoms with Crippen molar-refractivity contribution in [1.29, 1.82) is 0 Å². The molecule has 0 spiro atoms. The molecule has 0 aliphatic carbocycles. The summed E-state index contributed by atoms with van der Waals surface area (Å²) in [6, 6.07) is 9.50. The van der Waals surface area contributed by atoms with E-state index in [9.17, 15) is 4.48 Å². The number of fused-ring (bicyclic) bond motifs is 1. The maximum atomic E-state index is 15.0. The number of alkyl halides is 1. The van der Waals surface area contributed by atoms with Crippen LogP contribution in [0.15, 0.2) is 36.7 Å². The van der Waals surface area contributed by atoms with Gasteiger partial charge in [0, 0.05) is 13.0 Å². The highest BCUT2D eigenvalue weighted by atomic mass is 19.2. The molecule has 0 unspecified atom stereocenters. The van der Waals surface area contributed by atoms with Gasteiger partial charge in [-0.3, -0.25) is 0 Å². The Morgan fingerprint density at radius 1 is 1.17 bits per heavy atom. The molecular weight excluding hydrogens is 396 g/mol. The predicted octanol–water partition coefficient (Wildman–Crippen LogP) is 3.58. The van der Waals surface area contributed by atoms with Crippen LogP contribution < -0.4 is 10.3 Å². The highest BCUT2D eigenvalue weighted by molar-refractivity contribution is 5.77. The summed E-state index contributed by atoms with van der Waals surface area (Å²) in [6.07, 6.45) is 1.63. The van der Waals surface area contributed by atoms with E-state index in [1.54, 1.807) is 18.4 Å². The van der Waals surface area contributed by atoms with E-state index in [4.69, 9.17) is 14.2 Å². The molecule has 1 aliphatic rings. The van der Waals surface area contributed by atoms with Gasteiger partial charge in [0.1, 0.15) is 6.61 Å². The summed E-state index contributed by atoms with van der Waals surface area (Å²) < 4.78 is 46.4. The topological polar surface area (TPSA) is 83.3 Å². The Kier molecular flexibility index (Phi) is 5.52. The van der Waals surface area contributed by atoms with Gasteiger partial charge in [0.05, 0.1) is 19.5 Å². The van der Waals surface area contributed by atoms with E-state index in [1.807, 2.05) is 30.3 Å². The van der Waals surface area contributed by atoms with Crippen molar-refractivity contribution in [2.24, 2.45) is 0 Å². The molecule has 1 aromatic carbocycles. The lowest BCUT2D eigenvalue weighted by Crippen LogP contribution is -2.48. The van der Waals surface area contributed by atoms with Gasteiger partial charge in [0.25, 0.3) is 5.95 Å². The third-order valence-corrected chi connectivity index (χ3v) is 4.89. The quantitative estimate of drug-likeness (QED) is 0.586. The standard InChI is InChI=1S/C20H23F2N5O3/c1-19(2)29-11-20(21,12-30-19)8-9-27-13-23-15-16(27)24-18(26-22)25-17(15)28-10-14-6-4-3-5-7-14/h3-7,13H,8-12H2,1-2H3,(H,24,25,26). The van der Waals surface area contributed by atoms with Gasteiger partial charge in [0.15, 0.2) is 22.6 Å². The van der Waals surface area contributed by atoms with Crippen LogP contribution in [0.1, 0.15) is 25.8 Å². The Balaban J connectivity index is 1.52. The smallest absolute Gasteiger partial charge is 0.256 e. The molecule has 0 bridgehead atoms. The number of rotatable bonds is 7. The van der Waals surface area contributed by atoms with Crippen molar-refractivity contribution in [3.63, 3.8) is 0 Å². The molecule has 3 heterocycles. The summed E-state index contributed by atoms with van der Waals surface area (Å²) in [6.45, 7) is 3.85. The molecule has 0 atom stereocenters. The molecular formula is C20H23F2N5O3. The van der Waals surface area contributed by atoms with Crippen molar-refractivity contribution in [2.75, 3.05) is 18.8 Å². The molecule has 1 aliphatic heterocycles. The zero-order valence-corrected chi connectivity index (χ0v) is 16.8. The van der Waals surface area contributed by atoms with Crippen molar-refractivity contribution < 1.29 is 23.1 Å². The first-order chi connectivity index (χ1) is 14.4. The monoisotopic (exact) mass is 419 g/mol. The number of ether oxygens (including phenoxy) is 3. The molecule has 8 nitrogen and oxygen atoms in total. The molecule has 3 aromatic rings. The SMILES string of the molecule is CC1(C)OCC(F)(CCn2cnc3c(OCc4ccccc4)nc(NF)nc32)CO1. The van der Waals surface area contributed by atoms with E-state index in [-0.39, 0.29) is 44.6 Å². The zero-order chi connectivity index (χ0) is 21.2. The number of anilines is 1. The van der Waals surface area contributed by atoms with Gasteiger partial charge in [-0.05, 0) is 19.4 Å². The fourth-order valence-corrected chi connectivity index (χ4v) is 3.11. The van der Waals surface area contributed by atoms with Gasteiger partial charge in [-0.15, -0.1) is 4.48 Å². The first-order valence-electron chi connectivity index (χ1n) is 9.61. The first kappa shape index (κ1) is 20.4. The lowest BCUT2D eigenvalue weighted by atomic mass is 10.0. The van der Waals surface area contributed by atoms with Crippen LogP contribution in [0.25, 0.3) is 11.2 Å². The molecule has 1 fully saturated rings. The highest BCUT2D eigenvalue weighted by Crippen LogP contribution is 2.30. The van der Waals surface area contributed by atoms with Crippen LogP contribution in [0.3, 0.4) is 0 Å². The lowest BCUT2D eigenvalue weighted by molar-refractivity contribution is -0.288. The molecule has 1 saturated heterocycles. The normalized spacial score (nSPS) is 17.7. The molecule has 2 aromatic heterocycles. The van der Waals surface area contributed by atoms with E-state index >= 15 is 4.39 Å². The summed E-state index contributed by atoms with van der Waals surface area (Å²) in [5, 5.41) is 0. The van der Waals surface area contributed by atoms with Gasteiger partial charge in [-0.25, -0.2) is 9.37 Å². The first-order valence-corrected chi connectivity index (χ1v) is 9.61. The van der Waals surface area contributed by atoms with Gasteiger partial charge in [-0.1, -0.05) is 30.3 Å². The minimum atomic E-state index is -1.63. The molecule has 10 heteroatoms. The fourth-order valence-electron chi connectivity index (χ4n) is 3.11. The third-order valence-electron chi connectivity index (χ3n) is 4.89. The van der Waals surface area contributed by atoms with Crippen LogP contribution in [0.4, 0.5) is 14.8 Å². The molecule has 0 amide bonds. The van der Waals surface area contributed by atoms with E-state index < -0.39 is 11.5 Å². The third kappa shape index (κ3) is 4.49. The van der Waals surface area contributed by atoms with E-state index in [2.05, 4.69) is 15.0 Å². The van der Waals surface area contributed by atoms with Crippen LogP contribution in [0.2, 0.25) is 0 Å². The van der Waals surface area contributed by atoms with E-state index in [0.717, 1.165) is 5.56 Å². The fraction of sp³-hybridized carbons (Fsp3) is 0.450. The minimum absolute atomic E-state index is 0.0651. The number of hydrogen-bond donors (Lipinski definition) is 1. The average Bonchev–Trinajstić information content (AvgIpc) is 3.17. The molecule has 4 rings (SSSR count). The summed E-state index contributed by atoms with van der Waals surface area (Å²) in [4.78, 5) is 12.4. The average molecular weight is 419 g/mol. The van der Waals surface area contributed by atoms with Gasteiger partial charge >= 0.3 is 0 Å². The van der Waals surface area contributed by atoms with Crippen LogP contribution >= 0.6 is 0 Å². The Morgan fingerprint density at radius 3 is 2.60 bits per heavy atom. The van der Waals surface area contributed by atoms with Crippen molar-refractivity contribution in [3.8, 4) is 5.88 Å². The summed E-state index contributed by atoms with van der Waals surface area (Å²) >= 11 is 0. The van der Waals surface area contributed by atoms with E-state index in [1.165, 1.54) is 11.9 Å². The number of nitrogens with zero attached hydrogens (tertiary/aromatic N) is 4. The second kappa shape index (κ2) is 8.11. The van der Waals surface area contributed by atoms with Crippen molar-refractivity contribution >= 4 is 17.1 Å². The Bertz CT molecular complexity index is 1000. The van der Waals surface area contributed by atoms with Crippen LogP contribution in [-0.2, 0) is 22.6 Å². The number of imidazole rings is 1. The molecule has 30 heavy (non-hydrogen) atoms. The zero-order valence-electron chi connectivity index (χ0n) is 16.8. The Morgan fingerprint density at radius 2 is 1.90 bits per heavy atom. The van der Waals surface area contributed by atoms with Crippen LogP contribution in [-0.4, -0.2) is 44.2 Å². The van der Waals surface area contributed by atoms with Gasteiger partial charge in [0.2, 0.25) is 5.88 Å². The number of hydrogen-bond acceptors (Lipinski definition) is 7. The molecule has 0 radical (unpaired) electrons. The summed E-state index contributed by atoms with van der Waals surface area (Å²) in [5.74, 6) is -0.908. The second-order valence-corrected chi connectivity index (χ2v) is 7.71. The molecule has 0 saturated carbocycles. The van der Waals surface area contributed by atoms with Crippen molar-refractivity contribution in [3.05, 3.63) is 42.2 Å². The van der Waals surface area contributed by atoms with Gasteiger partial charge < -0.3 is 18.8 Å². The maximum Gasteiger partial charge on any atom is 0.256 e. The number of benzene rings is 1. The summed E-state index contributed by atoms with van der Waals surface area (Å²) in [7, 11) is 0. The van der Waals surface area contributed by atoms with Crippen molar-refractivity contribution in [1.82, 2.24) is 19.5 Å². The van der Waals surface area contributed by atoms with Gasteiger partial charge in [-0.2, -0.15) is 15.5 Å². The minimum Gasteiger partial charge on any atom is -0.471 e. The predicted molar refractivity (Wildman–Crippen MR) is 105 cm³/mol. The second-order valence-electron chi connectivity index (χ2n) is 7.71. The van der Waals surface area contributed by atoms with E-state index in [0.29, 0.717) is 11.2 Å². The van der Waals surface area contributed by atoms with Crippen molar-refractivity contribution in [2.45, 2.75) is 44.9 Å². The van der Waals surface area contributed by atoms with Crippen LogP contribution in [0.5, 0.6) is 5.88 Å². The van der Waals surface area contributed by atoms with Crippen LogP contribution in [0, 0.1) is 0 Å².